The molecule has 0 spiro atoms. The summed E-state index contributed by atoms with van der Waals surface area (Å²) in [5, 5.41) is 2.36. The number of aliphatic imine (C=N–C) groups is 1. The average Bonchev–Trinajstić information content (AvgIpc) is 2.97. The van der Waals surface area contributed by atoms with Gasteiger partial charge in [-0.1, -0.05) is 48.5 Å². The first-order chi connectivity index (χ1) is 11.4. The molecule has 23 heavy (non-hydrogen) atoms. The molecule has 0 saturated carbocycles. The molecule has 0 bridgehead atoms. The Morgan fingerprint density at radius 1 is 0.957 bits per heavy atom. The van der Waals surface area contributed by atoms with E-state index in [2.05, 4.69) is 35.8 Å². The zero-order valence-corrected chi connectivity index (χ0v) is 13.0. The lowest BCUT2D eigenvalue weighted by molar-refractivity contribution is 0.780. The van der Waals surface area contributed by atoms with Crippen LogP contribution in [0.4, 0.5) is 5.69 Å². The van der Waals surface area contributed by atoms with Gasteiger partial charge in [-0.25, -0.2) is 4.98 Å². The predicted octanol–water partition coefficient (Wildman–Crippen LogP) is 4.96. The molecule has 3 aromatic carbocycles. The topological polar surface area (TPSA) is 30.2 Å². The lowest BCUT2D eigenvalue weighted by atomic mass is 10.1. The molecule has 112 valence electrons. The molecule has 0 aliphatic rings. The Morgan fingerprint density at radius 2 is 1.74 bits per heavy atom. The van der Waals surface area contributed by atoms with E-state index in [-0.39, 0.29) is 0 Å². The van der Waals surface area contributed by atoms with Crippen molar-refractivity contribution in [3.05, 3.63) is 72.6 Å². The molecular weight excluding hydrogens is 282 g/mol. The van der Waals surface area contributed by atoms with E-state index >= 15 is 0 Å². The third-order valence-electron chi connectivity index (χ3n) is 4.09. The first-order valence-electron chi connectivity index (χ1n) is 7.84. The molecule has 0 saturated heterocycles. The minimum Gasteiger partial charge on any atom is -0.323 e. The zero-order chi connectivity index (χ0) is 15.6. The maximum Gasteiger partial charge on any atom is 0.152 e. The normalized spacial score (nSPS) is 11.7. The highest BCUT2D eigenvalue weighted by atomic mass is 15.1. The molecule has 0 amide bonds. The largest absolute Gasteiger partial charge is 0.323 e. The van der Waals surface area contributed by atoms with Gasteiger partial charge in [0.15, 0.2) is 5.82 Å². The Bertz CT molecular complexity index is 1010. The van der Waals surface area contributed by atoms with Gasteiger partial charge in [0.2, 0.25) is 0 Å². The number of aryl methyl sites for hydroxylation is 1. The molecule has 4 rings (SSSR count). The molecule has 0 aliphatic heterocycles. The number of imidazole rings is 1. The van der Waals surface area contributed by atoms with E-state index in [1.54, 1.807) is 0 Å². The van der Waals surface area contributed by atoms with Crippen LogP contribution in [0, 0.1) is 0 Å². The summed E-state index contributed by atoms with van der Waals surface area (Å²) in [4.78, 5) is 9.39. The number of nitrogens with zero attached hydrogens (tertiary/aromatic N) is 3. The summed E-state index contributed by atoms with van der Waals surface area (Å²) in [5.41, 5.74) is 3.13. The molecule has 1 aromatic heterocycles. The van der Waals surface area contributed by atoms with E-state index in [0.717, 1.165) is 34.5 Å². The number of rotatable bonds is 3. The number of aromatic nitrogens is 2. The zero-order valence-electron chi connectivity index (χ0n) is 13.0. The quantitative estimate of drug-likeness (QED) is 0.492. The summed E-state index contributed by atoms with van der Waals surface area (Å²) in [7, 11) is 0. The van der Waals surface area contributed by atoms with Crippen molar-refractivity contribution in [2.45, 2.75) is 13.5 Å². The van der Waals surface area contributed by atoms with Gasteiger partial charge in [0, 0.05) is 11.9 Å². The highest BCUT2D eigenvalue weighted by Crippen LogP contribution is 2.25. The fourth-order valence-corrected chi connectivity index (χ4v) is 2.97. The third-order valence-corrected chi connectivity index (χ3v) is 4.09. The van der Waals surface area contributed by atoms with Crippen molar-refractivity contribution in [2.75, 3.05) is 0 Å². The van der Waals surface area contributed by atoms with Crippen LogP contribution in [0.1, 0.15) is 12.7 Å². The van der Waals surface area contributed by atoms with E-state index in [0.29, 0.717) is 0 Å². The van der Waals surface area contributed by atoms with Crippen LogP contribution >= 0.6 is 0 Å². The number of benzene rings is 3. The van der Waals surface area contributed by atoms with E-state index in [1.165, 1.54) is 5.39 Å². The van der Waals surface area contributed by atoms with Crippen LogP contribution < -0.4 is 0 Å². The molecule has 0 aliphatic carbocycles. The van der Waals surface area contributed by atoms with Gasteiger partial charge in [0.1, 0.15) is 0 Å². The first kappa shape index (κ1) is 13.7. The van der Waals surface area contributed by atoms with Crippen molar-refractivity contribution in [3.63, 3.8) is 0 Å². The monoisotopic (exact) mass is 299 g/mol. The van der Waals surface area contributed by atoms with Gasteiger partial charge in [0.05, 0.1) is 22.9 Å². The highest BCUT2D eigenvalue weighted by molar-refractivity contribution is 5.95. The van der Waals surface area contributed by atoms with Crippen molar-refractivity contribution in [1.82, 2.24) is 9.55 Å². The Morgan fingerprint density at radius 3 is 2.65 bits per heavy atom. The molecule has 0 N–H and O–H groups in total. The Balaban J connectivity index is 1.82. The van der Waals surface area contributed by atoms with Gasteiger partial charge in [-0.15, -0.1) is 0 Å². The van der Waals surface area contributed by atoms with Gasteiger partial charge < -0.3 is 4.57 Å². The smallest absolute Gasteiger partial charge is 0.152 e. The van der Waals surface area contributed by atoms with Crippen LogP contribution in [-0.4, -0.2) is 15.8 Å². The van der Waals surface area contributed by atoms with Gasteiger partial charge >= 0.3 is 0 Å². The molecule has 0 fully saturated rings. The van der Waals surface area contributed by atoms with Crippen molar-refractivity contribution in [2.24, 2.45) is 4.99 Å². The van der Waals surface area contributed by atoms with Gasteiger partial charge in [-0.3, -0.25) is 4.99 Å². The van der Waals surface area contributed by atoms with Crippen molar-refractivity contribution in [3.8, 4) is 0 Å². The molecule has 0 atom stereocenters. The lowest BCUT2D eigenvalue weighted by Gasteiger charge is -2.03. The Kier molecular flexibility index (Phi) is 3.39. The van der Waals surface area contributed by atoms with Crippen LogP contribution in [0.25, 0.3) is 21.8 Å². The lowest BCUT2D eigenvalue weighted by Crippen LogP contribution is -2.00. The maximum absolute atomic E-state index is 4.70. The van der Waals surface area contributed by atoms with Crippen molar-refractivity contribution >= 4 is 33.7 Å². The van der Waals surface area contributed by atoms with Crippen LogP contribution in [0.15, 0.2) is 71.7 Å². The van der Waals surface area contributed by atoms with Crippen LogP contribution in [0.5, 0.6) is 0 Å². The molecule has 1 heterocycles. The molecule has 0 radical (unpaired) electrons. The summed E-state index contributed by atoms with van der Waals surface area (Å²) >= 11 is 0. The minimum atomic E-state index is 0.872. The standard InChI is InChI=1S/C20H17N3/c1-2-23-19-13-6-5-11-18(19)22-20(23)14-21-17-12-7-9-15-8-3-4-10-16(15)17/h3-14H,2H2,1H3. The number of hydrogen-bond acceptors (Lipinski definition) is 2. The number of hydrogen-bond donors (Lipinski definition) is 0. The van der Waals surface area contributed by atoms with E-state index in [4.69, 9.17) is 9.98 Å². The molecule has 0 unspecified atom stereocenters. The first-order valence-corrected chi connectivity index (χ1v) is 7.84. The number of fused-ring (bicyclic) bond motifs is 2. The second-order valence-corrected chi connectivity index (χ2v) is 5.46. The van der Waals surface area contributed by atoms with Crippen molar-refractivity contribution in [1.29, 1.82) is 0 Å². The molecule has 4 aromatic rings. The summed E-state index contributed by atoms with van der Waals surface area (Å²) in [5.74, 6) is 0.890. The SMILES string of the molecule is CCn1c(C=Nc2cccc3ccccc23)nc2ccccc21. The maximum atomic E-state index is 4.70. The average molecular weight is 299 g/mol. The second kappa shape index (κ2) is 5.69. The predicted molar refractivity (Wildman–Crippen MR) is 96.6 cm³/mol. The fourth-order valence-electron chi connectivity index (χ4n) is 2.97. The van der Waals surface area contributed by atoms with Crippen LogP contribution in [-0.2, 0) is 6.54 Å². The summed E-state index contributed by atoms with van der Waals surface area (Å²) < 4.78 is 2.18. The summed E-state index contributed by atoms with van der Waals surface area (Å²) in [6, 6.07) is 22.7. The van der Waals surface area contributed by atoms with Gasteiger partial charge in [-0.2, -0.15) is 0 Å². The van der Waals surface area contributed by atoms with Gasteiger partial charge in [0.25, 0.3) is 0 Å². The van der Waals surface area contributed by atoms with E-state index < -0.39 is 0 Å². The third kappa shape index (κ3) is 2.40. The number of para-hydroxylation sites is 2. The minimum absolute atomic E-state index is 0.872. The highest BCUT2D eigenvalue weighted by Gasteiger charge is 2.07. The Hall–Kier alpha value is -2.94. The second-order valence-electron chi connectivity index (χ2n) is 5.46. The van der Waals surface area contributed by atoms with E-state index in [1.807, 2.05) is 48.7 Å². The van der Waals surface area contributed by atoms with Crippen LogP contribution in [0.3, 0.4) is 0 Å². The summed E-state index contributed by atoms with van der Waals surface area (Å²) in [6.45, 7) is 3.00. The fraction of sp³-hybridized carbons (Fsp3) is 0.100. The molecule has 3 heteroatoms. The van der Waals surface area contributed by atoms with Crippen molar-refractivity contribution < 1.29 is 0 Å². The van der Waals surface area contributed by atoms with Gasteiger partial charge in [-0.05, 0) is 30.5 Å². The summed E-state index contributed by atoms with van der Waals surface area (Å²) in [6.07, 6.45) is 1.87. The molecule has 3 nitrogen and oxygen atoms in total. The van der Waals surface area contributed by atoms with E-state index in [9.17, 15) is 0 Å². The Labute approximate surface area is 134 Å². The van der Waals surface area contributed by atoms with Crippen LogP contribution in [0.2, 0.25) is 0 Å². The molecular formula is C20H17N3.